The molecule has 1 saturated heterocycles. The Morgan fingerprint density at radius 2 is 1.77 bits per heavy atom. The van der Waals surface area contributed by atoms with Crippen LogP contribution in [0.5, 0.6) is 0 Å². The second-order valence-electron chi connectivity index (χ2n) is 6.13. The summed E-state index contributed by atoms with van der Waals surface area (Å²) < 4.78 is 28.8. The van der Waals surface area contributed by atoms with Crippen LogP contribution in [0, 0.1) is 0 Å². The largest absolute Gasteiger partial charge is 0.295 e. The van der Waals surface area contributed by atoms with Gasteiger partial charge in [0.25, 0.3) is 10.2 Å². The molecular weight excluding hydrogens is 298 g/mol. The van der Waals surface area contributed by atoms with Crippen LogP contribution in [0.3, 0.4) is 0 Å². The topological polar surface area (TPSA) is 52.7 Å². The van der Waals surface area contributed by atoms with Crippen molar-refractivity contribution in [3.8, 4) is 0 Å². The number of rotatable bonds is 7. The SMILES string of the molecule is CC(C)N(C)S(=O)(=O)NCC(c1ccccc1)N1CCCC1. The van der Waals surface area contributed by atoms with E-state index in [9.17, 15) is 8.42 Å². The molecule has 1 heterocycles. The molecule has 22 heavy (non-hydrogen) atoms. The Labute approximate surface area is 134 Å². The highest BCUT2D eigenvalue weighted by molar-refractivity contribution is 7.87. The van der Waals surface area contributed by atoms with E-state index in [2.05, 4.69) is 21.8 Å². The Morgan fingerprint density at radius 1 is 1.18 bits per heavy atom. The standard InChI is InChI=1S/C16H27N3O2S/c1-14(2)18(3)22(20,21)17-13-16(19-11-7-8-12-19)15-9-5-4-6-10-15/h4-6,9-10,14,16-17H,7-8,11-13H2,1-3H3. The zero-order chi connectivity index (χ0) is 16.2. The van der Waals surface area contributed by atoms with Gasteiger partial charge in [0.1, 0.15) is 0 Å². The average Bonchev–Trinajstić information content (AvgIpc) is 3.01. The molecule has 124 valence electrons. The normalized spacial score (nSPS) is 18.2. The minimum Gasteiger partial charge on any atom is -0.295 e. The quantitative estimate of drug-likeness (QED) is 0.834. The first kappa shape index (κ1) is 17.4. The first-order chi connectivity index (χ1) is 10.4. The number of hydrogen-bond donors (Lipinski definition) is 1. The number of likely N-dealkylation sites (tertiary alicyclic amines) is 1. The van der Waals surface area contributed by atoms with Crippen molar-refractivity contribution >= 4 is 10.2 Å². The van der Waals surface area contributed by atoms with Gasteiger partial charge in [-0.2, -0.15) is 12.7 Å². The lowest BCUT2D eigenvalue weighted by Crippen LogP contribution is -2.45. The van der Waals surface area contributed by atoms with Gasteiger partial charge in [-0.05, 0) is 45.3 Å². The molecule has 0 amide bonds. The van der Waals surface area contributed by atoms with Crippen molar-refractivity contribution in [2.45, 2.75) is 38.8 Å². The summed E-state index contributed by atoms with van der Waals surface area (Å²) in [5, 5.41) is 0. The summed E-state index contributed by atoms with van der Waals surface area (Å²) in [6.07, 6.45) is 2.37. The highest BCUT2D eigenvalue weighted by Crippen LogP contribution is 2.24. The maximum atomic E-state index is 12.3. The van der Waals surface area contributed by atoms with Gasteiger partial charge in [-0.15, -0.1) is 0 Å². The van der Waals surface area contributed by atoms with Crippen LogP contribution in [-0.2, 0) is 10.2 Å². The molecule has 1 atom stereocenters. The molecule has 0 bridgehead atoms. The molecule has 5 nitrogen and oxygen atoms in total. The van der Waals surface area contributed by atoms with Crippen LogP contribution >= 0.6 is 0 Å². The summed E-state index contributed by atoms with van der Waals surface area (Å²) in [5.41, 5.74) is 1.17. The third kappa shape index (κ3) is 4.29. The van der Waals surface area contributed by atoms with Gasteiger partial charge in [0, 0.05) is 25.7 Å². The van der Waals surface area contributed by atoms with E-state index in [1.165, 1.54) is 22.7 Å². The molecule has 1 unspecified atom stereocenters. The van der Waals surface area contributed by atoms with Gasteiger partial charge in [-0.3, -0.25) is 4.90 Å². The summed E-state index contributed by atoms with van der Waals surface area (Å²) in [5.74, 6) is 0. The zero-order valence-electron chi connectivity index (χ0n) is 13.7. The maximum Gasteiger partial charge on any atom is 0.279 e. The van der Waals surface area contributed by atoms with Gasteiger partial charge in [-0.25, -0.2) is 4.72 Å². The number of nitrogens with zero attached hydrogens (tertiary/aromatic N) is 2. The van der Waals surface area contributed by atoms with E-state index in [1.807, 2.05) is 32.0 Å². The first-order valence-corrected chi connectivity index (χ1v) is 9.37. The fourth-order valence-electron chi connectivity index (χ4n) is 2.75. The summed E-state index contributed by atoms with van der Waals surface area (Å²) in [4.78, 5) is 2.37. The van der Waals surface area contributed by atoms with E-state index in [4.69, 9.17) is 0 Å². The van der Waals surface area contributed by atoms with E-state index >= 15 is 0 Å². The average molecular weight is 325 g/mol. The van der Waals surface area contributed by atoms with E-state index < -0.39 is 10.2 Å². The molecule has 0 aliphatic carbocycles. The fourth-order valence-corrected chi connectivity index (χ4v) is 3.88. The van der Waals surface area contributed by atoms with Crippen molar-refractivity contribution < 1.29 is 8.42 Å². The van der Waals surface area contributed by atoms with Crippen molar-refractivity contribution in [3.05, 3.63) is 35.9 Å². The van der Waals surface area contributed by atoms with Gasteiger partial charge in [0.15, 0.2) is 0 Å². The second kappa shape index (κ2) is 7.55. The van der Waals surface area contributed by atoms with Gasteiger partial charge in [0.05, 0.1) is 0 Å². The molecule has 0 radical (unpaired) electrons. The minimum atomic E-state index is -3.44. The van der Waals surface area contributed by atoms with Gasteiger partial charge in [0.2, 0.25) is 0 Å². The predicted octanol–water partition coefficient (Wildman–Crippen LogP) is 2.00. The third-order valence-electron chi connectivity index (χ3n) is 4.33. The molecule has 0 aromatic heterocycles. The van der Waals surface area contributed by atoms with Crippen LogP contribution in [-0.4, -0.2) is 50.3 Å². The molecule has 6 heteroatoms. The number of hydrogen-bond acceptors (Lipinski definition) is 3. The molecule has 1 aliphatic heterocycles. The van der Waals surface area contributed by atoms with Crippen LogP contribution in [0.25, 0.3) is 0 Å². The number of benzene rings is 1. The van der Waals surface area contributed by atoms with Crippen LogP contribution in [0.1, 0.15) is 38.3 Å². The van der Waals surface area contributed by atoms with E-state index in [-0.39, 0.29) is 12.1 Å². The predicted molar refractivity (Wildman–Crippen MR) is 89.8 cm³/mol. The smallest absolute Gasteiger partial charge is 0.279 e. The summed E-state index contributed by atoms with van der Waals surface area (Å²) >= 11 is 0. The third-order valence-corrected chi connectivity index (χ3v) is 6.04. The maximum absolute atomic E-state index is 12.3. The molecule has 1 N–H and O–H groups in total. The Morgan fingerprint density at radius 3 is 2.32 bits per heavy atom. The van der Waals surface area contributed by atoms with Gasteiger partial charge < -0.3 is 0 Å². The first-order valence-electron chi connectivity index (χ1n) is 7.93. The Balaban J connectivity index is 2.11. The van der Waals surface area contributed by atoms with Crippen molar-refractivity contribution in [2.75, 3.05) is 26.7 Å². The highest BCUT2D eigenvalue weighted by Gasteiger charge is 2.27. The molecule has 1 aromatic carbocycles. The molecule has 0 spiro atoms. The summed E-state index contributed by atoms with van der Waals surface area (Å²) in [6.45, 7) is 6.20. The van der Waals surface area contributed by atoms with E-state index in [1.54, 1.807) is 7.05 Å². The van der Waals surface area contributed by atoms with E-state index in [0.717, 1.165) is 13.1 Å². The van der Waals surface area contributed by atoms with Crippen LogP contribution in [0.2, 0.25) is 0 Å². The van der Waals surface area contributed by atoms with Gasteiger partial charge in [-0.1, -0.05) is 30.3 Å². The van der Waals surface area contributed by atoms with Crippen LogP contribution < -0.4 is 4.72 Å². The van der Waals surface area contributed by atoms with Crippen LogP contribution in [0.15, 0.2) is 30.3 Å². The van der Waals surface area contributed by atoms with Crippen molar-refractivity contribution in [1.29, 1.82) is 0 Å². The lowest BCUT2D eigenvalue weighted by Gasteiger charge is -2.29. The molecule has 2 rings (SSSR count). The van der Waals surface area contributed by atoms with Crippen molar-refractivity contribution in [3.63, 3.8) is 0 Å². The lowest BCUT2D eigenvalue weighted by molar-refractivity contribution is 0.245. The molecule has 0 saturated carbocycles. The monoisotopic (exact) mass is 325 g/mol. The number of nitrogens with one attached hydrogen (secondary N) is 1. The Bertz CT molecular complexity index is 554. The highest BCUT2D eigenvalue weighted by atomic mass is 32.2. The Kier molecular flexibility index (Phi) is 5.97. The van der Waals surface area contributed by atoms with E-state index in [0.29, 0.717) is 6.54 Å². The molecular formula is C16H27N3O2S. The molecule has 1 aromatic rings. The molecule has 1 fully saturated rings. The summed E-state index contributed by atoms with van der Waals surface area (Å²) in [7, 11) is -1.82. The molecule has 1 aliphatic rings. The van der Waals surface area contributed by atoms with Crippen molar-refractivity contribution in [2.24, 2.45) is 0 Å². The Hall–Kier alpha value is -0.950. The van der Waals surface area contributed by atoms with Crippen LogP contribution in [0.4, 0.5) is 0 Å². The second-order valence-corrected chi connectivity index (χ2v) is 7.95. The summed E-state index contributed by atoms with van der Waals surface area (Å²) in [6, 6.07) is 10.2. The minimum absolute atomic E-state index is 0.0561. The van der Waals surface area contributed by atoms with Gasteiger partial charge >= 0.3 is 0 Å². The van der Waals surface area contributed by atoms with Crippen molar-refractivity contribution in [1.82, 2.24) is 13.9 Å². The zero-order valence-corrected chi connectivity index (χ0v) is 14.5. The fraction of sp³-hybridized carbons (Fsp3) is 0.625. The lowest BCUT2D eigenvalue weighted by atomic mass is 10.1.